The van der Waals surface area contributed by atoms with Crippen molar-refractivity contribution in [2.75, 3.05) is 45.2 Å². The number of likely N-dealkylation sites (N-methyl/N-ethyl adjacent to an activating group) is 1. The number of rotatable bonds is 2. The number of fused-ring (bicyclic) bond motifs is 2. The quantitative estimate of drug-likeness (QED) is 0.859. The second-order valence-electron chi connectivity index (χ2n) is 7.80. The molecule has 7 nitrogen and oxygen atoms in total. The van der Waals surface area contributed by atoms with Crippen LogP contribution in [-0.4, -0.2) is 71.2 Å². The maximum atomic E-state index is 12.8. The van der Waals surface area contributed by atoms with E-state index in [0.29, 0.717) is 6.54 Å². The molecule has 2 aromatic heterocycles. The number of aromatic nitrogens is 3. The minimum Gasteiger partial charge on any atom is -0.360 e. The number of nitrogens with one attached hydrogen (secondary N) is 1. The summed E-state index contributed by atoms with van der Waals surface area (Å²) in [5, 5.41) is 7.36. The Balaban J connectivity index is 1.77. The highest BCUT2D eigenvalue weighted by atomic mass is 16.2. The third kappa shape index (κ3) is 5.10. The van der Waals surface area contributed by atoms with Crippen molar-refractivity contribution in [2.45, 2.75) is 39.7 Å². The number of hydrogen-bond donors (Lipinski definition) is 1. The number of pyridine rings is 1. The minimum atomic E-state index is 0.176. The summed E-state index contributed by atoms with van der Waals surface area (Å²) >= 11 is 0. The van der Waals surface area contributed by atoms with E-state index in [1.54, 1.807) is 0 Å². The summed E-state index contributed by atoms with van der Waals surface area (Å²) in [4.78, 5) is 23.9. The summed E-state index contributed by atoms with van der Waals surface area (Å²) in [7, 11) is 3.97. The van der Waals surface area contributed by atoms with E-state index in [2.05, 4.69) is 45.2 Å². The molecule has 28 heavy (non-hydrogen) atoms. The molecule has 0 saturated carbocycles. The number of carbonyl (C=O) groups excluding carboxylic acids is 1. The van der Waals surface area contributed by atoms with Gasteiger partial charge in [-0.3, -0.25) is 14.8 Å². The van der Waals surface area contributed by atoms with Crippen molar-refractivity contribution in [1.29, 1.82) is 0 Å². The zero-order chi connectivity index (χ0) is 20.1. The van der Waals surface area contributed by atoms with Gasteiger partial charge in [-0.15, -0.1) is 0 Å². The first-order valence-electron chi connectivity index (χ1n) is 10.1. The Morgan fingerprint density at radius 1 is 1.07 bits per heavy atom. The van der Waals surface area contributed by atoms with Crippen molar-refractivity contribution in [3.63, 3.8) is 0 Å². The number of carbonyl (C=O) groups is 1. The Labute approximate surface area is 167 Å². The summed E-state index contributed by atoms with van der Waals surface area (Å²) < 4.78 is 0. The Hall–Kier alpha value is -2.41. The normalized spacial score (nSPS) is 17.6. The van der Waals surface area contributed by atoms with Gasteiger partial charge in [-0.25, -0.2) is 4.98 Å². The van der Waals surface area contributed by atoms with Crippen molar-refractivity contribution >= 4 is 11.7 Å². The average molecular weight is 385 g/mol. The van der Waals surface area contributed by atoms with Crippen molar-refractivity contribution in [1.82, 2.24) is 25.0 Å². The van der Waals surface area contributed by atoms with Crippen molar-refractivity contribution in [3.8, 4) is 0 Å². The standard InChI is InChI=1S/C21H32N6O/c1-16-19(17(2)24-23-16)14-27-13-6-9-18-8-5-10-20(22-18)25(3)11-7-12-26(4)21(28)15-27/h5,8,10H,6-7,9,11-15H2,1-4H3,(H,23,24). The molecule has 1 aliphatic rings. The van der Waals surface area contributed by atoms with Crippen LogP contribution in [0.2, 0.25) is 0 Å². The molecule has 3 rings (SSSR count). The number of H-pyrrole nitrogens is 1. The Kier molecular flexibility index (Phi) is 6.67. The van der Waals surface area contributed by atoms with Crippen molar-refractivity contribution in [3.05, 3.63) is 40.8 Å². The molecule has 2 bridgehead atoms. The van der Waals surface area contributed by atoms with Gasteiger partial charge in [0.25, 0.3) is 0 Å². The highest BCUT2D eigenvalue weighted by molar-refractivity contribution is 5.78. The molecule has 3 heterocycles. The van der Waals surface area contributed by atoms with Crippen LogP contribution in [0.5, 0.6) is 0 Å². The fraction of sp³-hybridized carbons (Fsp3) is 0.571. The van der Waals surface area contributed by atoms with Crippen LogP contribution in [0.4, 0.5) is 5.82 Å². The first-order valence-corrected chi connectivity index (χ1v) is 10.1. The SMILES string of the molecule is Cc1n[nH]c(C)c1CN1CCCc2cccc(n2)N(C)CCCN(C)C(=O)C1. The van der Waals surface area contributed by atoms with Gasteiger partial charge in [0.05, 0.1) is 12.2 Å². The number of hydrogen-bond acceptors (Lipinski definition) is 5. The van der Waals surface area contributed by atoms with Gasteiger partial charge in [-0.2, -0.15) is 5.10 Å². The van der Waals surface area contributed by atoms with E-state index >= 15 is 0 Å². The van der Waals surface area contributed by atoms with E-state index in [1.165, 1.54) is 5.56 Å². The van der Waals surface area contributed by atoms with Gasteiger partial charge in [0, 0.05) is 50.7 Å². The molecule has 1 aliphatic heterocycles. The summed E-state index contributed by atoms with van der Waals surface area (Å²) in [5.41, 5.74) is 4.39. The fourth-order valence-electron chi connectivity index (χ4n) is 3.64. The van der Waals surface area contributed by atoms with Gasteiger partial charge in [0.1, 0.15) is 5.82 Å². The predicted octanol–water partition coefficient (Wildman–Crippen LogP) is 2.15. The van der Waals surface area contributed by atoms with Gasteiger partial charge in [0.15, 0.2) is 0 Å². The number of anilines is 1. The third-order valence-electron chi connectivity index (χ3n) is 5.52. The molecule has 1 amide bonds. The van der Waals surface area contributed by atoms with Gasteiger partial charge in [-0.05, 0) is 51.8 Å². The lowest BCUT2D eigenvalue weighted by Crippen LogP contribution is -2.40. The molecule has 0 spiro atoms. The molecule has 7 heteroatoms. The molecule has 0 unspecified atom stereocenters. The molecule has 0 saturated heterocycles. The molecule has 0 radical (unpaired) electrons. The summed E-state index contributed by atoms with van der Waals surface area (Å²) in [6.07, 6.45) is 2.79. The summed E-state index contributed by atoms with van der Waals surface area (Å²) in [6.45, 7) is 7.72. The lowest BCUT2D eigenvalue weighted by molar-refractivity contribution is -0.131. The van der Waals surface area contributed by atoms with E-state index in [9.17, 15) is 4.79 Å². The first kappa shape index (κ1) is 20.3. The molecular formula is C21H32N6O. The van der Waals surface area contributed by atoms with E-state index < -0.39 is 0 Å². The zero-order valence-electron chi connectivity index (χ0n) is 17.5. The lowest BCUT2D eigenvalue weighted by atomic mass is 10.1. The molecule has 0 aliphatic carbocycles. The third-order valence-corrected chi connectivity index (χ3v) is 5.52. The van der Waals surface area contributed by atoms with Gasteiger partial charge in [0.2, 0.25) is 5.91 Å². The van der Waals surface area contributed by atoms with Gasteiger partial charge in [-0.1, -0.05) is 6.07 Å². The van der Waals surface area contributed by atoms with E-state index in [0.717, 1.165) is 68.3 Å². The zero-order valence-corrected chi connectivity index (χ0v) is 17.5. The van der Waals surface area contributed by atoms with E-state index in [4.69, 9.17) is 4.98 Å². The maximum absolute atomic E-state index is 12.8. The van der Waals surface area contributed by atoms with Crippen LogP contribution >= 0.6 is 0 Å². The van der Waals surface area contributed by atoms with Crippen LogP contribution in [0.3, 0.4) is 0 Å². The lowest BCUT2D eigenvalue weighted by Gasteiger charge is -2.27. The minimum absolute atomic E-state index is 0.176. The maximum Gasteiger partial charge on any atom is 0.236 e. The number of amides is 1. The Morgan fingerprint density at radius 2 is 1.86 bits per heavy atom. The fourth-order valence-corrected chi connectivity index (χ4v) is 3.64. The number of aryl methyl sites for hydroxylation is 3. The van der Waals surface area contributed by atoms with Gasteiger partial charge < -0.3 is 9.80 Å². The predicted molar refractivity (Wildman–Crippen MR) is 111 cm³/mol. The van der Waals surface area contributed by atoms with Crippen LogP contribution in [0, 0.1) is 13.8 Å². The van der Waals surface area contributed by atoms with Crippen LogP contribution in [0.15, 0.2) is 18.2 Å². The summed E-state index contributed by atoms with van der Waals surface area (Å²) in [6, 6.07) is 6.24. The van der Waals surface area contributed by atoms with Crippen LogP contribution < -0.4 is 4.90 Å². The number of aromatic amines is 1. The van der Waals surface area contributed by atoms with Gasteiger partial charge >= 0.3 is 0 Å². The van der Waals surface area contributed by atoms with E-state index in [1.807, 2.05) is 25.8 Å². The van der Waals surface area contributed by atoms with Crippen LogP contribution in [-0.2, 0) is 17.8 Å². The first-order chi connectivity index (χ1) is 13.4. The van der Waals surface area contributed by atoms with Crippen molar-refractivity contribution in [2.24, 2.45) is 0 Å². The molecular weight excluding hydrogens is 352 g/mol. The topological polar surface area (TPSA) is 68.4 Å². The van der Waals surface area contributed by atoms with Crippen molar-refractivity contribution < 1.29 is 4.79 Å². The van der Waals surface area contributed by atoms with Crippen LogP contribution in [0.1, 0.15) is 35.5 Å². The molecule has 0 aromatic carbocycles. The second kappa shape index (κ2) is 9.19. The highest BCUT2D eigenvalue weighted by Gasteiger charge is 2.18. The highest BCUT2D eigenvalue weighted by Crippen LogP contribution is 2.15. The molecule has 0 atom stereocenters. The molecule has 0 fully saturated rings. The number of nitrogens with zero attached hydrogens (tertiary/aromatic N) is 5. The molecule has 2 aromatic rings. The van der Waals surface area contributed by atoms with E-state index in [-0.39, 0.29) is 5.91 Å². The Morgan fingerprint density at radius 3 is 2.61 bits per heavy atom. The molecule has 1 N–H and O–H groups in total. The average Bonchev–Trinajstić information content (AvgIpc) is 2.99. The Bertz CT molecular complexity index is 782. The largest absolute Gasteiger partial charge is 0.360 e. The second-order valence-corrected chi connectivity index (χ2v) is 7.80. The molecule has 152 valence electrons. The summed E-state index contributed by atoms with van der Waals surface area (Å²) in [5.74, 6) is 1.18. The van der Waals surface area contributed by atoms with Crippen LogP contribution in [0.25, 0.3) is 0 Å². The smallest absolute Gasteiger partial charge is 0.236 e. The monoisotopic (exact) mass is 384 g/mol.